The van der Waals surface area contributed by atoms with Gasteiger partial charge in [-0.3, -0.25) is 9.98 Å². The first-order valence-electron chi connectivity index (χ1n) is 6.44. The molecule has 1 N–H and O–H groups in total. The van der Waals surface area contributed by atoms with E-state index in [1.165, 1.54) is 12.1 Å². The monoisotopic (exact) mass is 276 g/mol. The molecule has 3 aromatic rings. The van der Waals surface area contributed by atoms with Crippen LogP contribution >= 0.6 is 0 Å². The first-order valence-corrected chi connectivity index (χ1v) is 6.44. The molecule has 0 saturated carbocycles. The molecule has 0 spiro atoms. The van der Waals surface area contributed by atoms with Crippen molar-refractivity contribution < 1.29 is 9.90 Å². The Kier molecular flexibility index (Phi) is 3.43. The molecule has 1 aromatic heterocycles. The number of carboxylic acid groups (broad SMARTS) is 1. The van der Waals surface area contributed by atoms with Crippen molar-refractivity contribution in [1.82, 2.24) is 4.98 Å². The summed E-state index contributed by atoms with van der Waals surface area (Å²) in [5, 5.41) is 9.90. The number of carbonyl (C=O) groups is 1. The van der Waals surface area contributed by atoms with Crippen molar-refractivity contribution in [2.75, 3.05) is 0 Å². The SMILES string of the molecule is O=C(O)c1ccc(N=Cc2cnc3ccccc3c2)cc1. The van der Waals surface area contributed by atoms with Crippen LogP contribution in [0.5, 0.6) is 0 Å². The third kappa shape index (κ3) is 2.95. The second-order valence-corrected chi connectivity index (χ2v) is 4.57. The molecule has 21 heavy (non-hydrogen) atoms. The quantitative estimate of drug-likeness (QED) is 0.742. The van der Waals surface area contributed by atoms with Crippen molar-refractivity contribution in [3.8, 4) is 0 Å². The number of benzene rings is 2. The summed E-state index contributed by atoms with van der Waals surface area (Å²) in [7, 11) is 0. The third-order valence-corrected chi connectivity index (χ3v) is 3.09. The van der Waals surface area contributed by atoms with Crippen LogP contribution in [0.15, 0.2) is 65.8 Å². The number of para-hydroxylation sites is 1. The van der Waals surface area contributed by atoms with Crippen LogP contribution in [0.25, 0.3) is 10.9 Å². The molecule has 0 aliphatic heterocycles. The number of hydrogen-bond donors (Lipinski definition) is 1. The van der Waals surface area contributed by atoms with E-state index in [1.54, 1.807) is 24.5 Å². The maximum absolute atomic E-state index is 10.8. The Morgan fingerprint density at radius 2 is 1.86 bits per heavy atom. The van der Waals surface area contributed by atoms with E-state index < -0.39 is 5.97 Å². The number of nitrogens with zero attached hydrogens (tertiary/aromatic N) is 2. The van der Waals surface area contributed by atoms with E-state index >= 15 is 0 Å². The van der Waals surface area contributed by atoms with E-state index in [1.807, 2.05) is 30.3 Å². The molecule has 0 aliphatic rings. The van der Waals surface area contributed by atoms with Gasteiger partial charge in [-0.15, -0.1) is 0 Å². The van der Waals surface area contributed by atoms with E-state index in [0.29, 0.717) is 5.69 Å². The van der Waals surface area contributed by atoms with Crippen LogP contribution in [-0.2, 0) is 0 Å². The maximum atomic E-state index is 10.8. The molecule has 0 fully saturated rings. The first-order chi connectivity index (χ1) is 10.2. The molecule has 4 heteroatoms. The fraction of sp³-hybridized carbons (Fsp3) is 0. The average molecular weight is 276 g/mol. The van der Waals surface area contributed by atoms with Crippen LogP contribution in [-0.4, -0.2) is 22.3 Å². The highest BCUT2D eigenvalue weighted by Gasteiger charge is 2.00. The third-order valence-electron chi connectivity index (χ3n) is 3.09. The molecule has 0 amide bonds. The lowest BCUT2D eigenvalue weighted by molar-refractivity contribution is 0.0697. The molecular weight excluding hydrogens is 264 g/mol. The predicted octanol–water partition coefficient (Wildman–Crippen LogP) is 3.68. The van der Waals surface area contributed by atoms with Gasteiger partial charge in [0.1, 0.15) is 0 Å². The summed E-state index contributed by atoms with van der Waals surface area (Å²) in [5.41, 5.74) is 2.80. The van der Waals surface area contributed by atoms with Crippen LogP contribution < -0.4 is 0 Å². The average Bonchev–Trinajstić information content (AvgIpc) is 2.53. The lowest BCUT2D eigenvalue weighted by Gasteiger charge is -1.98. The molecule has 0 bridgehead atoms. The zero-order valence-electron chi connectivity index (χ0n) is 11.1. The normalized spacial score (nSPS) is 11.0. The lowest BCUT2D eigenvalue weighted by Crippen LogP contribution is -1.94. The van der Waals surface area contributed by atoms with Crippen LogP contribution in [0, 0.1) is 0 Å². The summed E-state index contributed by atoms with van der Waals surface area (Å²) in [5.74, 6) is -0.941. The number of rotatable bonds is 3. The Morgan fingerprint density at radius 1 is 1.10 bits per heavy atom. The fourth-order valence-electron chi connectivity index (χ4n) is 2.00. The highest BCUT2D eigenvalue weighted by atomic mass is 16.4. The van der Waals surface area contributed by atoms with Crippen LogP contribution in [0.3, 0.4) is 0 Å². The summed E-state index contributed by atoms with van der Waals surface area (Å²) >= 11 is 0. The van der Waals surface area contributed by atoms with E-state index in [9.17, 15) is 4.79 Å². The molecule has 0 saturated heterocycles. The number of carboxylic acids is 1. The summed E-state index contributed by atoms with van der Waals surface area (Å²) in [4.78, 5) is 19.5. The first kappa shape index (κ1) is 13.0. The molecule has 4 nitrogen and oxygen atoms in total. The van der Waals surface area contributed by atoms with E-state index in [-0.39, 0.29) is 5.56 Å². The molecule has 102 valence electrons. The highest BCUT2D eigenvalue weighted by Crippen LogP contribution is 2.15. The Bertz CT molecular complexity index is 824. The number of aliphatic imine (C=N–C) groups is 1. The Morgan fingerprint density at radius 3 is 2.62 bits per heavy atom. The van der Waals surface area contributed by atoms with Crippen molar-refractivity contribution in [2.24, 2.45) is 4.99 Å². The second-order valence-electron chi connectivity index (χ2n) is 4.57. The smallest absolute Gasteiger partial charge is 0.335 e. The topological polar surface area (TPSA) is 62.5 Å². The molecule has 1 heterocycles. The maximum Gasteiger partial charge on any atom is 0.335 e. The van der Waals surface area contributed by atoms with Crippen molar-refractivity contribution in [2.45, 2.75) is 0 Å². The Labute approximate surface area is 121 Å². The van der Waals surface area contributed by atoms with Gasteiger partial charge in [0.25, 0.3) is 0 Å². The molecule has 0 unspecified atom stereocenters. The summed E-state index contributed by atoms with van der Waals surface area (Å²) < 4.78 is 0. The predicted molar refractivity (Wildman–Crippen MR) is 82.4 cm³/mol. The fourth-order valence-corrected chi connectivity index (χ4v) is 2.00. The zero-order valence-corrected chi connectivity index (χ0v) is 11.1. The van der Waals surface area contributed by atoms with Gasteiger partial charge in [-0.25, -0.2) is 4.79 Å². The second kappa shape index (κ2) is 5.54. The van der Waals surface area contributed by atoms with E-state index in [4.69, 9.17) is 5.11 Å². The van der Waals surface area contributed by atoms with Crippen molar-refractivity contribution >= 4 is 28.8 Å². The Balaban J connectivity index is 1.85. The molecule has 2 aromatic carbocycles. The minimum absolute atomic E-state index is 0.251. The van der Waals surface area contributed by atoms with Crippen molar-refractivity contribution in [3.63, 3.8) is 0 Å². The molecule has 0 radical (unpaired) electrons. The number of pyridine rings is 1. The molecule has 3 rings (SSSR count). The molecule has 0 atom stereocenters. The van der Waals surface area contributed by atoms with Crippen molar-refractivity contribution in [1.29, 1.82) is 0 Å². The van der Waals surface area contributed by atoms with Gasteiger partial charge in [-0.05, 0) is 36.4 Å². The molecule has 0 aliphatic carbocycles. The van der Waals surface area contributed by atoms with Gasteiger partial charge in [0.05, 0.1) is 16.8 Å². The number of aromatic carboxylic acids is 1. The Hall–Kier alpha value is -3.01. The standard InChI is InChI=1S/C17H12N2O2/c20-17(21)13-5-7-15(8-6-13)18-10-12-9-14-3-1-2-4-16(14)19-11-12/h1-11H,(H,20,21). The van der Waals surface area contributed by atoms with Gasteiger partial charge in [-0.1, -0.05) is 18.2 Å². The number of aromatic nitrogens is 1. The number of hydrogen-bond acceptors (Lipinski definition) is 3. The van der Waals surface area contributed by atoms with Gasteiger partial charge in [0.15, 0.2) is 0 Å². The number of fused-ring (bicyclic) bond motifs is 1. The van der Waals surface area contributed by atoms with Crippen LogP contribution in [0.1, 0.15) is 15.9 Å². The summed E-state index contributed by atoms with van der Waals surface area (Å²) in [6.07, 6.45) is 3.48. The highest BCUT2D eigenvalue weighted by molar-refractivity contribution is 5.90. The lowest BCUT2D eigenvalue weighted by atomic mass is 10.2. The van der Waals surface area contributed by atoms with Gasteiger partial charge in [0, 0.05) is 23.4 Å². The van der Waals surface area contributed by atoms with Gasteiger partial charge in [0.2, 0.25) is 0 Å². The minimum atomic E-state index is -0.941. The van der Waals surface area contributed by atoms with Crippen LogP contribution in [0.4, 0.5) is 5.69 Å². The van der Waals surface area contributed by atoms with Crippen LogP contribution in [0.2, 0.25) is 0 Å². The van der Waals surface area contributed by atoms with Crippen molar-refractivity contribution in [3.05, 3.63) is 71.9 Å². The summed E-state index contributed by atoms with van der Waals surface area (Å²) in [6.45, 7) is 0. The molecular formula is C17H12N2O2. The van der Waals surface area contributed by atoms with Gasteiger partial charge in [-0.2, -0.15) is 0 Å². The van der Waals surface area contributed by atoms with E-state index in [2.05, 4.69) is 9.98 Å². The zero-order chi connectivity index (χ0) is 14.7. The van der Waals surface area contributed by atoms with E-state index in [0.717, 1.165) is 16.5 Å². The largest absolute Gasteiger partial charge is 0.478 e. The minimum Gasteiger partial charge on any atom is -0.478 e. The van der Waals surface area contributed by atoms with Gasteiger partial charge >= 0.3 is 5.97 Å². The summed E-state index contributed by atoms with van der Waals surface area (Å²) in [6, 6.07) is 16.3. The van der Waals surface area contributed by atoms with Gasteiger partial charge < -0.3 is 5.11 Å².